The number of halogens is 4. The van der Waals surface area contributed by atoms with E-state index in [1.807, 2.05) is 6.92 Å². The average Bonchev–Trinajstić information content (AvgIpc) is 2.77. The van der Waals surface area contributed by atoms with Crippen LogP contribution >= 0.6 is 31.9 Å². The fraction of sp³-hybridized carbons (Fsp3) is 0.231. The summed E-state index contributed by atoms with van der Waals surface area (Å²) in [6.07, 6.45) is 2.31. The minimum atomic E-state index is -1.08. The van der Waals surface area contributed by atoms with Crippen molar-refractivity contribution < 1.29 is 13.6 Å². The summed E-state index contributed by atoms with van der Waals surface area (Å²) >= 11 is 6.18. The SMILES string of the molecule is CCCn1ncc(Br)c1C(=O)c1ccc(F)c(F)c1Br. The fourth-order valence-electron chi connectivity index (χ4n) is 1.80. The average molecular weight is 408 g/mol. The van der Waals surface area contributed by atoms with Crippen molar-refractivity contribution in [2.45, 2.75) is 19.9 Å². The smallest absolute Gasteiger partial charge is 0.213 e. The third-order valence-corrected chi connectivity index (χ3v) is 4.08. The summed E-state index contributed by atoms with van der Waals surface area (Å²) in [4.78, 5) is 12.5. The second-order valence-corrected chi connectivity index (χ2v) is 5.76. The van der Waals surface area contributed by atoms with Gasteiger partial charge in [0.1, 0.15) is 5.69 Å². The van der Waals surface area contributed by atoms with Gasteiger partial charge in [-0.05, 0) is 50.4 Å². The van der Waals surface area contributed by atoms with Crippen LogP contribution < -0.4 is 0 Å². The van der Waals surface area contributed by atoms with E-state index in [1.54, 1.807) is 4.68 Å². The van der Waals surface area contributed by atoms with Gasteiger partial charge in [-0.1, -0.05) is 6.92 Å². The second-order valence-electron chi connectivity index (χ2n) is 4.12. The van der Waals surface area contributed by atoms with Gasteiger partial charge < -0.3 is 0 Å². The first-order valence-electron chi connectivity index (χ1n) is 5.86. The lowest BCUT2D eigenvalue weighted by Gasteiger charge is -2.08. The molecule has 0 amide bonds. The third-order valence-electron chi connectivity index (χ3n) is 2.73. The molecule has 0 atom stereocenters. The van der Waals surface area contributed by atoms with E-state index in [1.165, 1.54) is 12.3 Å². The second kappa shape index (κ2) is 6.13. The summed E-state index contributed by atoms with van der Waals surface area (Å²) in [5.74, 6) is -2.50. The van der Waals surface area contributed by atoms with E-state index >= 15 is 0 Å². The van der Waals surface area contributed by atoms with Gasteiger partial charge in [0.15, 0.2) is 11.6 Å². The maximum Gasteiger partial charge on any atom is 0.213 e. The summed E-state index contributed by atoms with van der Waals surface area (Å²) in [6, 6.07) is 2.18. The molecule has 2 rings (SSSR count). The van der Waals surface area contributed by atoms with Crippen LogP contribution in [-0.2, 0) is 6.54 Å². The quantitative estimate of drug-likeness (QED) is 0.558. The van der Waals surface area contributed by atoms with Crippen LogP contribution in [0.1, 0.15) is 29.4 Å². The van der Waals surface area contributed by atoms with Gasteiger partial charge in [-0.2, -0.15) is 5.10 Å². The van der Waals surface area contributed by atoms with Gasteiger partial charge in [0.25, 0.3) is 0 Å². The Morgan fingerprint density at radius 2 is 2.05 bits per heavy atom. The number of rotatable bonds is 4. The van der Waals surface area contributed by atoms with Gasteiger partial charge in [0.2, 0.25) is 5.78 Å². The van der Waals surface area contributed by atoms with Crippen LogP contribution in [0.4, 0.5) is 8.78 Å². The number of hydrogen-bond acceptors (Lipinski definition) is 2. The van der Waals surface area contributed by atoms with E-state index in [-0.39, 0.29) is 10.0 Å². The molecule has 0 saturated carbocycles. The van der Waals surface area contributed by atoms with Gasteiger partial charge >= 0.3 is 0 Å². The number of ketones is 1. The number of aromatic nitrogens is 2. The Kier molecular flexibility index (Phi) is 4.70. The number of carbonyl (C=O) groups is 1. The number of carbonyl (C=O) groups excluding carboxylic acids is 1. The normalized spacial score (nSPS) is 10.8. The van der Waals surface area contributed by atoms with E-state index in [9.17, 15) is 13.6 Å². The molecule has 0 N–H and O–H groups in total. The van der Waals surface area contributed by atoms with Gasteiger partial charge in [0, 0.05) is 12.1 Å². The largest absolute Gasteiger partial charge is 0.287 e. The molecule has 0 radical (unpaired) electrons. The lowest BCUT2D eigenvalue weighted by Crippen LogP contribution is -2.13. The van der Waals surface area contributed by atoms with Crippen molar-refractivity contribution in [3.63, 3.8) is 0 Å². The van der Waals surface area contributed by atoms with Gasteiger partial charge in [-0.3, -0.25) is 9.48 Å². The van der Waals surface area contributed by atoms with Crippen molar-refractivity contribution in [2.24, 2.45) is 0 Å². The summed E-state index contributed by atoms with van der Waals surface area (Å²) in [5, 5.41) is 4.09. The zero-order valence-corrected chi connectivity index (χ0v) is 13.6. The van der Waals surface area contributed by atoms with Gasteiger partial charge in [-0.15, -0.1) is 0 Å². The summed E-state index contributed by atoms with van der Waals surface area (Å²) in [6.45, 7) is 2.52. The van der Waals surface area contributed by atoms with Crippen LogP contribution in [0.15, 0.2) is 27.3 Å². The van der Waals surface area contributed by atoms with E-state index in [0.717, 1.165) is 12.5 Å². The van der Waals surface area contributed by atoms with E-state index < -0.39 is 17.4 Å². The molecule has 0 spiro atoms. The maximum atomic E-state index is 13.5. The fourth-order valence-corrected chi connectivity index (χ4v) is 2.78. The van der Waals surface area contributed by atoms with Crippen molar-refractivity contribution in [1.29, 1.82) is 0 Å². The number of hydrogen-bond donors (Lipinski definition) is 0. The molecule has 20 heavy (non-hydrogen) atoms. The van der Waals surface area contributed by atoms with E-state index in [0.29, 0.717) is 16.7 Å². The molecule has 0 aliphatic rings. The number of nitrogens with zero attached hydrogens (tertiary/aromatic N) is 2. The molecule has 106 valence electrons. The number of benzene rings is 1. The van der Waals surface area contributed by atoms with Gasteiger partial charge in [0.05, 0.1) is 15.1 Å². The molecular weight excluding hydrogens is 398 g/mol. The molecule has 0 fully saturated rings. The standard InChI is InChI=1S/C13H10Br2F2N2O/c1-2-5-19-12(8(14)6-18-19)13(20)7-3-4-9(16)11(17)10(7)15/h3-4,6H,2,5H2,1H3. The zero-order valence-electron chi connectivity index (χ0n) is 10.5. The summed E-state index contributed by atoms with van der Waals surface area (Å²) < 4.78 is 28.5. The van der Waals surface area contributed by atoms with Crippen molar-refractivity contribution in [1.82, 2.24) is 9.78 Å². The van der Waals surface area contributed by atoms with Crippen molar-refractivity contribution in [3.8, 4) is 0 Å². The lowest BCUT2D eigenvalue weighted by molar-refractivity contribution is 0.102. The number of aryl methyl sites for hydroxylation is 1. The first kappa shape index (κ1) is 15.3. The highest BCUT2D eigenvalue weighted by atomic mass is 79.9. The minimum Gasteiger partial charge on any atom is -0.287 e. The zero-order chi connectivity index (χ0) is 14.9. The van der Waals surface area contributed by atoms with Crippen LogP contribution in [0.5, 0.6) is 0 Å². The monoisotopic (exact) mass is 406 g/mol. The topological polar surface area (TPSA) is 34.9 Å². The van der Waals surface area contributed by atoms with Crippen LogP contribution in [0.3, 0.4) is 0 Å². The highest BCUT2D eigenvalue weighted by Gasteiger charge is 2.23. The molecule has 0 unspecified atom stereocenters. The van der Waals surface area contributed by atoms with Crippen LogP contribution in [-0.4, -0.2) is 15.6 Å². The molecule has 1 heterocycles. The van der Waals surface area contributed by atoms with Gasteiger partial charge in [-0.25, -0.2) is 8.78 Å². The Hall–Kier alpha value is -1.08. The first-order valence-corrected chi connectivity index (χ1v) is 7.45. The first-order chi connectivity index (χ1) is 9.47. The predicted molar refractivity (Wildman–Crippen MR) is 77.7 cm³/mol. The van der Waals surface area contributed by atoms with Crippen molar-refractivity contribution >= 4 is 37.6 Å². The van der Waals surface area contributed by atoms with Crippen molar-refractivity contribution in [3.05, 3.63) is 50.2 Å². The van der Waals surface area contributed by atoms with Crippen LogP contribution in [0.25, 0.3) is 0 Å². The molecule has 0 aliphatic carbocycles. The lowest BCUT2D eigenvalue weighted by atomic mass is 10.1. The molecule has 1 aromatic carbocycles. The Balaban J connectivity index is 2.52. The predicted octanol–water partition coefficient (Wildman–Crippen LogP) is 4.33. The van der Waals surface area contributed by atoms with Crippen molar-refractivity contribution in [2.75, 3.05) is 0 Å². The van der Waals surface area contributed by atoms with E-state index in [2.05, 4.69) is 37.0 Å². The summed E-state index contributed by atoms with van der Waals surface area (Å²) in [7, 11) is 0. The molecule has 2 aromatic rings. The molecule has 1 aromatic heterocycles. The Labute approximate surface area is 131 Å². The molecular formula is C13H10Br2F2N2O. The summed E-state index contributed by atoms with van der Waals surface area (Å²) in [5.41, 5.74) is 0.376. The van der Waals surface area contributed by atoms with Crippen LogP contribution in [0.2, 0.25) is 0 Å². The Morgan fingerprint density at radius 3 is 2.70 bits per heavy atom. The minimum absolute atomic E-state index is 0.0578. The molecule has 0 bridgehead atoms. The van der Waals surface area contributed by atoms with Crippen LogP contribution in [0, 0.1) is 11.6 Å². The van der Waals surface area contributed by atoms with E-state index in [4.69, 9.17) is 0 Å². The highest BCUT2D eigenvalue weighted by Crippen LogP contribution is 2.27. The molecule has 7 heteroatoms. The highest BCUT2D eigenvalue weighted by molar-refractivity contribution is 9.11. The molecule has 0 saturated heterocycles. The third kappa shape index (κ3) is 2.69. The molecule has 0 aliphatic heterocycles. The maximum absolute atomic E-state index is 13.5. The Bertz CT molecular complexity index is 671. The Morgan fingerprint density at radius 1 is 1.35 bits per heavy atom. The molecule has 3 nitrogen and oxygen atoms in total.